The van der Waals surface area contributed by atoms with Gasteiger partial charge in [0, 0.05) is 44.0 Å². The van der Waals surface area contributed by atoms with Crippen molar-refractivity contribution >= 4 is 21.6 Å². The molecule has 1 amide bonds. The molecule has 0 unspecified atom stereocenters. The van der Waals surface area contributed by atoms with Gasteiger partial charge in [0.2, 0.25) is 10.0 Å². The van der Waals surface area contributed by atoms with Crippen LogP contribution in [0.1, 0.15) is 21.5 Å². The molecule has 3 N–H and O–H groups in total. The molecule has 150 valence electrons. The number of hydrogen-bond donors (Lipinski definition) is 2. The zero-order valence-electron chi connectivity index (χ0n) is 16.0. The summed E-state index contributed by atoms with van der Waals surface area (Å²) in [6, 6.07) is 14.3. The van der Waals surface area contributed by atoms with Crippen molar-refractivity contribution in [1.29, 1.82) is 0 Å². The van der Waals surface area contributed by atoms with Crippen LogP contribution in [0.3, 0.4) is 0 Å². The SMILES string of the molecule is CN1CCN(Cc2ccc(C(=O)Nc3cccc(CS(N)(=O)=O)c3)cc2)CC1. The Bertz CT molecular complexity index is 921. The third-order valence-electron chi connectivity index (χ3n) is 4.77. The first-order chi connectivity index (χ1) is 13.3. The van der Waals surface area contributed by atoms with Crippen molar-refractivity contribution in [3.8, 4) is 0 Å². The molecule has 8 heteroatoms. The van der Waals surface area contributed by atoms with Crippen LogP contribution in [0.2, 0.25) is 0 Å². The Morgan fingerprint density at radius 2 is 1.71 bits per heavy atom. The maximum Gasteiger partial charge on any atom is 0.255 e. The van der Waals surface area contributed by atoms with Gasteiger partial charge in [-0.05, 0) is 42.4 Å². The number of primary sulfonamides is 1. The van der Waals surface area contributed by atoms with Crippen molar-refractivity contribution < 1.29 is 13.2 Å². The third kappa shape index (κ3) is 6.13. The summed E-state index contributed by atoms with van der Waals surface area (Å²) in [4.78, 5) is 17.2. The number of carbonyl (C=O) groups excluding carboxylic acids is 1. The maximum atomic E-state index is 12.5. The lowest BCUT2D eigenvalue weighted by Crippen LogP contribution is -2.43. The monoisotopic (exact) mass is 402 g/mol. The largest absolute Gasteiger partial charge is 0.322 e. The summed E-state index contributed by atoms with van der Waals surface area (Å²) >= 11 is 0. The zero-order valence-corrected chi connectivity index (χ0v) is 16.8. The van der Waals surface area contributed by atoms with E-state index in [0.717, 1.165) is 32.7 Å². The molecular weight excluding hydrogens is 376 g/mol. The standard InChI is InChI=1S/C20H26N4O3S/c1-23-9-11-24(12-10-23)14-16-5-7-18(8-6-16)20(25)22-19-4-2-3-17(13-19)15-28(21,26)27/h2-8,13H,9-12,14-15H2,1H3,(H,22,25)(H2,21,26,27). The number of rotatable bonds is 6. The minimum Gasteiger partial charge on any atom is -0.322 e. The number of amides is 1. The summed E-state index contributed by atoms with van der Waals surface area (Å²) in [6.45, 7) is 5.13. The van der Waals surface area contributed by atoms with E-state index in [0.29, 0.717) is 16.8 Å². The van der Waals surface area contributed by atoms with Crippen molar-refractivity contribution in [3.63, 3.8) is 0 Å². The lowest BCUT2D eigenvalue weighted by molar-refractivity contribution is 0.102. The van der Waals surface area contributed by atoms with E-state index >= 15 is 0 Å². The summed E-state index contributed by atoms with van der Waals surface area (Å²) in [5.41, 5.74) is 2.80. The molecule has 0 aliphatic carbocycles. The van der Waals surface area contributed by atoms with Crippen molar-refractivity contribution in [2.45, 2.75) is 12.3 Å². The molecule has 1 heterocycles. The first-order valence-corrected chi connectivity index (χ1v) is 10.9. The van der Waals surface area contributed by atoms with Crippen LogP contribution in [-0.4, -0.2) is 57.4 Å². The van der Waals surface area contributed by atoms with E-state index < -0.39 is 10.0 Å². The van der Waals surface area contributed by atoms with Gasteiger partial charge in [0.15, 0.2) is 0 Å². The molecule has 0 saturated carbocycles. The van der Waals surface area contributed by atoms with Gasteiger partial charge in [0.25, 0.3) is 5.91 Å². The van der Waals surface area contributed by atoms with Crippen molar-refractivity contribution in [3.05, 3.63) is 65.2 Å². The molecule has 0 atom stereocenters. The molecule has 3 rings (SSSR count). The van der Waals surface area contributed by atoms with E-state index in [9.17, 15) is 13.2 Å². The average Bonchev–Trinajstić information content (AvgIpc) is 2.63. The van der Waals surface area contributed by atoms with E-state index in [1.165, 1.54) is 5.56 Å². The summed E-state index contributed by atoms with van der Waals surface area (Å²) in [5, 5.41) is 7.88. The summed E-state index contributed by atoms with van der Waals surface area (Å²) in [6.07, 6.45) is 0. The van der Waals surface area contributed by atoms with Crippen LogP contribution in [0.4, 0.5) is 5.69 Å². The normalized spacial score (nSPS) is 16.1. The molecule has 0 aromatic heterocycles. The molecule has 0 bridgehead atoms. The number of anilines is 1. The van der Waals surface area contributed by atoms with Crippen LogP contribution in [0, 0.1) is 0 Å². The van der Waals surface area contributed by atoms with Crippen LogP contribution in [0.25, 0.3) is 0 Å². The fourth-order valence-electron chi connectivity index (χ4n) is 3.20. The van der Waals surface area contributed by atoms with E-state index in [1.54, 1.807) is 24.3 Å². The number of sulfonamides is 1. The Hall–Kier alpha value is -2.26. The predicted octanol–water partition coefficient (Wildman–Crippen LogP) is 1.47. The smallest absolute Gasteiger partial charge is 0.255 e. The Kier molecular flexibility index (Phi) is 6.46. The molecule has 1 aliphatic heterocycles. The fraction of sp³-hybridized carbons (Fsp3) is 0.350. The zero-order chi connectivity index (χ0) is 20.1. The van der Waals surface area contributed by atoms with Crippen LogP contribution in [0.15, 0.2) is 48.5 Å². The highest BCUT2D eigenvalue weighted by atomic mass is 32.2. The van der Waals surface area contributed by atoms with Gasteiger partial charge >= 0.3 is 0 Å². The van der Waals surface area contributed by atoms with Crippen molar-refractivity contribution in [2.75, 3.05) is 38.5 Å². The first kappa shape index (κ1) is 20.5. The van der Waals surface area contributed by atoms with Crippen LogP contribution < -0.4 is 10.5 Å². The quantitative estimate of drug-likeness (QED) is 0.763. The Morgan fingerprint density at radius 3 is 2.36 bits per heavy atom. The molecule has 0 spiro atoms. The van der Waals surface area contributed by atoms with Gasteiger partial charge in [0.05, 0.1) is 5.75 Å². The van der Waals surface area contributed by atoms with Gasteiger partial charge in [-0.2, -0.15) is 0 Å². The maximum absolute atomic E-state index is 12.5. The van der Waals surface area contributed by atoms with Gasteiger partial charge in [-0.15, -0.1) is 0 Å². The highest BCUT2D eigenvalue weighted by Crippen LogP contribution is 2.15. The number of nitrogens with one attached hydrogen (secondary N) is 1. The van der Waals surface area contributed by atoms with E-state index in [1.807, 2.05) is 24.3 Å². The molecule has 0 radical (unpaired) electrons. The number of hydrogen-bond acceptors (Lipinski definition) is 5. The first-order valence-electron chi connectivity index (χ1n) is 9.19. The van der Waals surface area contributed by atoms with Crippen LogP contribution >= 0.6 is 0 Å². The average molecular weight is 403 g/mol. The number of piperazine rings is 1. The number of nitrogens with zero attached hydrogens (tertiary/aromatic N) is 2. The van der Waals surface area contributed by atoms with Crippen molar-refractivity contribution in [2.24, 2.45) is 5.14 Å². The molecule has 1 fully saturated rings. The minimum atomic E-state index is -3.61. The molecule has 2 aromatic rings. The second-order valence-electron chi connectivity index (χ2n) is 7.24. The van der Waals surface area contributed by atoms with Gasteiger partial charge in [-0.1, -0.05) is 24.3 Å². The minimum absolute atomic E-state index is 0.237. The highest BCUT2D eigenvalue weighted by Gasteiger charge is 2.14. The summed E-state index contributed by atoms with van der Waals surface area (Å²) < 4.78 is 22.5. The molecule has 1 aliphatic rings. The Balaban J connectivity index is 1.59. The molecule has 7 nitrogen and oxygen atoms in total. The Labute approximate surface area is 166 Å². The van der Waals surface area contributed by atoms with E-state index in [-0.39, 0.29) is 11.7 Å². The fourth-order valence-corrected chi connectivity index (χ4v) is 3.84. The third-order valence-corrected chi connectivity index (χ3v) is 5.51. The number of carbonyl (C=O) groups is 1. The second-order valence-corrected chi connectivity index (χ2v) is 8.85. The summed E-state index contributed by atoms with van der Waals surface area (Å²) in [7, 11) is -1.48. The van der Waals surface area contributed by atoms with E-state index in [2.05, 4.69) is 22.2 Å². The molecule has 1 saturated heterocycles. The van der Waals surface area contributed by atoms with Crippen LogP contribution in [-0.2, 0) is 22.3 Å². The predicted molar refractivity (Wildman–Crippen MR) is 110 cm³/mol. The number of benzene rings is 2. The lowest BCUT2D eigenvalue weighted by Gasteiger charge is -2.32. The number of nitrogens with two attached hydrogens (primary N) is 1. The topological polar surface area (TPSA) is 95.7 Å². The van der Waals surface area contributed by atoms with Gasteiger partial charge in [0.1, 0.15) is 0 Å². The van der Waals surface area contributed by atoms with Gasteiger partial charge < -0.3 is 10.2 Å². The molecular formula is C20H26N4O3S. The second kappa shape index (κ2) is 8.83. The molecule has 2 aromatic carbocycles. The van der Waals surface area contributed by atoms with Gasteiger partial charge in [-0.25, -0.2) is 13.6 Å². The Morgan fingerprint density at radius 1 is 1.04 bits per heavy atom. The van der Waals surface area contributed by atoms with Crippen LogP contribution in [0.5, 0.6) is 0 Å². The summed E-state index contributed by atoms with van der Waals surface area (Å²) in [5.74, 6) is -0.503. The van der Waals surface area contributed by atoms with Crippen molar-refractivity contribution in [1.82, 2.24) is 9.80 Å². The molecule has 28 heavy (non-hydrogen) atoms. The lowest BCUT2D eigenvalue weighted by atomic mass is 10.1. The highest BCUT2D eigenvalue weighted by molar-refractivity contribution is 7.88. The van der Waals surface area contributed by atoms with Gasteiger partial charge in [-0.3, -0.25) is 9.69 Å². The van der Waals surface area contributed by atoms with E-state index in [4.69, 9.17) is 5.14 Å². The number of likely N-dealkylation sites (N-methyl/N-ethyl adjacent to an activating group) is 1.